The maximum Gasteiger partial charge on any atom is 0.142 e. The van der Waals surface area contributed by atoms with Gasteiger partial charge in [-0.25, -0.2) is 0 Å². The highest BCUT2D eigenvalue weighted by atomic mass is 16.1. The van der Waals surface area contributed by atoms with Crippen molar-refractivity contribution in [1.29, 1.82) is 0 Å². The third-order valence-electron chi connectivity index (χ3n) is 3.34. The number of pyridine rings is 1. The largest absolute Gasteiger partial charge is 0.315 e. The molecule has 17 heavy (non-hydrogen) atoms. The Morgan fingerprint density at radius 3 is 2.88 bits per heavy atom. The van der Waals surface area contributed by atoms with Gasteiger partial charge in [0.2, 0.25) is 0 Å². The van der Waals surface area contributed by atoms with Crippen molar-refractivity contribution in [3.05, 3.63) is 42.1 Å². The van der Waals surface area contributed by atoms with E-state index in [1.165, 1.54) is 0 Å². The van der Waals surface area contributed by atoms with Gasteiger partial charge in [0.05, 0.1) is 5.52 Å². The van der Waals surface area contributed by atoms with Crippen LogP contribution in [0.3, 0.4) is 0 Å². The van der Waals surface area contributed by atoms with Crippen molar-refractivity contribution in [1.82, 2.24) is 10.3 Å². The highest BCUT2D eigenvalue weighted by Gasteiger charge is 2.24. The lowest BCUT2D eigenvalue weighted by Crippen LogP contribution is -2.47. The van der Waals surface area contributed by atoms with Crippen molar-refractivity contribution in [2.75, 3.05) is 13.1 Å². The summed E-state index contributed by atoms with van der Waals surface area (Å²) in [5.74, 6) is 0.544. The molecule has 0 bridgehead atoms. The number of ketones is 1. The van der Waals surface area contributed by atoms with Crippen LogP contribution in [0, 0.1) is 5.92 Å². The SMILES string of the molecule is O=C(Cc1ccnc2ccccc12)C1CNC1. The van der Waals surface area contributed by atoms with Crippen LogP contribution in [-0.4, -0.2) is 23.9 Å². The molecule has 3 heteroatoms. The molecule has 0 aliphatic carbocycles. The van der Waals surface area contributed by atoms with Crippen molar-refractivity contribution in [2.24, 2.45) is 5.92 Å². The molecule has 1 aliphatic rings. The van der Waals surface area contributed by atoms with Gasteiger partial charge in [-0.2, -0.15) is 0 Å². The second-order valence-electron chi connectivity index (χ2n) is 4.49. The molecule has 2 aromatic rings. The number of fused-ring (bicyclic) bond motifs is 1. The molecule has 0 radical (unpaired) electrons. The minimum Gasteiger partial charge on any atom is -0.315 e. The van der Waals surface area contributed by atoms with Crippen LogP contribution in [0.25, 0.3) is 10.9 Å². The van der Waals surface area contributed by atoms with Crippen molar-refractivity contribution in [3.8, 4) is 0 Å². The van der Waals surface area contributed by atoms with E-state index in [1.54, 1.807) is 6.20 Å². The maximum atomic E-state index is 12.0. The zero-order valence-electron chi connectivity index (χ0n) is 9.52. The molecule has 0 amide bonds. The fraction of sp³-hybridized carbons (Fsp3) is 0.286. The van der Waals surface area contributed by atoms with E-state index in [9.17, 15) is 4.79 Å². The summed E-state index contributed by atoms with van der Waals surface area (Å²) in [6, 6.07) is 9.92. The van der Waals surface area contributed by atoms with Gasteiger partial charge in [0.1, 0.15) is 5.78 Å². The molecule has 0 spiro atoms. The van der Waals surface area contributed by atoms with Crippen LogP contribution in [0.2, 0.25) is 0 Å². The van der Waals surface area contributed by atoms with Gasteiger partial charge in [-0.15, -0.1) is 0 Å². The molecular weight excluding hydrogens is 212 g/mol. The molecule has 0 saturated carbocycles. The molecule has 1 N–H and O–H groups in total. The predicted molar refractivity (Wildman–Crippen MR) is 66.8 cm³/mol. The first-order valence-corrected chi connectivity index (χ1v) is 5.90. The van der Waals surface area contributed by atoms with Crippen LogP contribution in [-0.2, 0) is 11.2 Å². The summed E-state index contributed by atoms with van der Waals surface area (Å²) >= 11 is 0. The number of hydrogen-bond acceptors (Lipinski definition) is 3. The third kappa shape index (κ3) is 1.94. The lowest BCUT2D eigenvalue weighted by molar-refractivity contribution is -0.123. The van der Waals surface area contributed by atoms with Gasteiger partial charge >= 0.3 is 0 Å². The van der Waals surface area contributed by atoms with Crippen molar-refractivity contribution >= 4 is 16.7 Å². The Kier molecular flexibility index (Phi) is 2.61. The number of hydrogen-bond donors (Lipinski definition) is 1. The van der Waals surface area contributed by atoms with E-state index in [2.05, 4.69) is 10.3 Å². The van der Waals surface area contributed by atoms with Crippen LogP contribution < -0.4 is 5.32 Å². The van der Waals surface area contributed by atoms with E-state index in [4.69, 9.17) is 0 Å². The number of Topliss-reactive ketones (excluding diaryl/α,β-unsaturated/α-hetero) is 1. The Labute approximate surface area is 99.9 Å². The van der Waals surface area contributed by atoms with Gasteiger partial charge in [-0.3, -0.25) is 9.78 Å². The second-order valence-corrected chi connectivity index (χ2v) is 4.49. The van der Waals surface area contributed by atoms with E-state index in [0.717, 1.165) is 29.6 Å². The second kappa shape index (κ2) is 4.26. The van der Waals surface area contributed by atoms with Crippen LogP contribution in [0.5, 0.6) is 0 Å². The average molecular weight is 226 g/mol. The molecule has 1 saturated heterocycles. The maximum absolute atomic E-state index is 12.0. The van der Waals surface area contributed by atoms with Crippen molar-refractivity contribution < 1.29 is 4.79 Å². The summed E-state index contributed by atoms with van der Waals surface area (Å²) in [5, 5.41) is 4.23. The van der Waals surface area contributed by atoms with Gasteiger partial charge in [0.15, 0.2) is 0 Å². The molecule has 3 rings (SSSR count). The Bertz CT molecular complexity index is 556. The number of para-hydroxylation sites is 1. The smallest absolute Gasteiger partial charge is 0.142 e. The molecule has 0 unspecified atom stereocenters. The number of rotatable bonds is 3. The first-order valence-electron chi connectivity index (χ1n) is 5.90. The van der Waals surface area contributed by atoms with E-state index >= 15 is 0 Å². The minimum absolute atomic E-state index is 0.210. The highest BCUT2D eigenvalue weighted by Crippen LogP contribution is 2.18. The monoisotopic (exact) mass is 226 g/mol. The summed E-state index contributed by atoms with van der Waals surface area (Å²) < 4.78 is 0. The number of nitrogens with one attached hydrogen (secondary N) is 1. The normalized spacial score (nSPS) is 15.8. The first kappa shape index (κ1) is 10.4. The number of nitrogens with zero attached hydrogens (tertiary/aromatic N) is 1. The van der Waals surface area contributed by atoms with Crippen molar-refractivity contribution in [2.45, 2.75) is 6.42 Å². The zero-order valence-corrected chi connectivity index (χ0v) is 9.52. The zero-order chi connectivity index (χ0) is 11.7. The van der Waals surface area contributed by atoms with Gasteiger partial charge in [-0.1, -0.05) is 18.2 Å². The quantitative estimate of drug-likeness (QED) is 0.863. The Morgan fingerprint density at radius 2 is 2.12 bits per heavy atom. The predicted octanol–water partition coefficient (Wildman–Crippen LogP) is 1.57. The highest BCUT2D eigenvalue weighted by molar-refractivity contribution is 5.90. The average Bonchev–Trinajstić information content (AvgIpc) is 2.27. The summed E-state index contributed by atoms with van der Waals surface area (Å²) in [5.41, 5.74) is 2.05. The van der Waals surface area contributed by atoms with Crippen LogP contribution in [0.4, 0.5) is 0 Å². The van der Waals surface area contributed by atoms with Crippen molar-refractivity contribution in [3.63, 3.8) is 0 Å². The molecule has 3 nitrogen and oxygen atoms in total. The lowest BCUT2D eigenvalue weighted by atomic mass is 9.92. The van der Waals surface area contributed by atoms with E-state index in [-0.39, 0.29) is 5.92 Å². The summed E-state index contributed by atoms with van der Waals surface area (Å²) in [7, 11) is 0. The number of benzene rings is 1. The fourth-order valence-electron chi connectivity index (χ4n) is 2.16. The Morgan fingerprint density at radius 1 is 1.29 bits per heavy atom. The summed E-state index contributed by atoms with van der Waals surface area (Å²) in [4.78, 5) is 16.3. The first-order chi connectivity index (χ1) is 8.34. The summed E-state index contributed by atoms with van der Waals surface area (Å²) in [6.45, 7) is 1.67. The summed E-state index contributed by atoms with van der Waals surface area (Å²) in [6.07, 6.45) is 2.30. The molecule has 86 valence electrons. The minimum atomic E-state index is 0.210. The topological polar surface area (TPSA) is 42.0 Å². The molecule has 2 heterocycles. The van der Waals surface area contributed by atoms with Gasteiger partial charge < -0.3 is 5.32 Å². The van der Waals surface area contributed by atoms with Gasteiger partial charge in [0, 0.05) is 37.0 Å². The fourth-order valence-corrected chi connectivity index (χ4v) is 2.16. The number of carbonyl (C=O) groups is 1. The van der Waals surface area contributed by atoms with E-state index in [0.29, 0.717) is 12.2 Å². The number of aromatic nitrogens is 1. The lowest BCUT2D eigenvalue weighted by Gasteiger charge is -2.25. The Balaban J connectivity index is 1.91. The van der Waals surface area contributed by atoms with Gasteiger partial charge in [0.25, 0.3) is 0 Å². The molecule has 1 aliphatic heterocycles. The Hall–Kier alpha value is -1.74. The van der Waals surface area contributed by atoms with E-state index < -0.39 is 0 Å². The van der Waals surface area contributed by atoms with Crippen LogP contribution in [0.1, 0.15) is 5.56 Å². The van der Waals surface area contributed by atoms with Gasteiger partial charge in [-0.05, 0) is 17.7 Å². The van der Waals surface area contributed by atoms with Crippen LogP contribution in [0.15, 0.2) is 36.5 Å². The molecular formula is C14H14N2O. The molecule has 1 aromatic carbocycles. The van der Waals surface area contributed by atoms with E-state index in [1.807, 2.05) is 30.3 Å². The van der Waals surface area contributed by atoms with Crippen LogP contribution >= 0.6 is 0 Å². The molecule has 0 atom stereocenters. The third-order valence-corrected chi connectivity index (χ3v) is 3.34. The molecule has 1 fully saturated rings. The standard InChI is InChI=1S/C14H14N2O/c17-14(11-8-15-9-11)7-10-5-6-16-13-4-2-1-3-12(10)13/h1-6,11,15H,7-9H2. The number of carbonyl (C=O) groups excluding carboxylic acids is 1. The molecule has 1 aromatic heterocycles.